The zero-order chi connectivity index (χ0) is 15.2. The zero-order valence-corrected chi connectivity index (χ0v) is 13.2. The fraction of sp³-hybridized carbons (Fsp3) is 0.867. The van der Waals surface area contributed by atoms with Gasteiger partial charge in [0.25, 0.3) is 0 Å². The van der Waals surface area contributed by atoms with Crippen LogP contribution in [0, 0.1) is 5.92 Å². The summed E-state index contributed by atoms with van der Waals surface area (Å²) in [6, 6.07) is 0. The van der Waals surface area contributed by atoms with Crippen LogP contribution in [-0.2, 0) is 14.3 Å². The van der Waals surface area contributed by atoms with E-state index < -0.39 is 5.54 Å². The summed E-state index contributed by atoms with van der Waals surface area (Å²) in [5, 5.41) is 2.86. The van der Waals surface area contributed by atoms with Gasteiger partial charge in [-0.05, 0) is 25.2 Å². The van der Waals surface area contributed by atoms with E-state index in [2.05, 4.69) is 19.2 Å². The maximum absolute atomic E-state index is 12.5. The summed E-state index contributed by atoms with van der Waals surface area (Å²) in [5.74, 6) is 0.507. The number of amides is 2. The monoisotopic (exact) mass is 284 g/mol. The van der Waals surface area contributed by atoms with Crippen molar-refractivity contribution in [2.75, 3.05) is 26.3 Å². The predicted molar refractivity (Wildman–Crippen MR) is 78.3 cm³/mol. The normalized spacial score (nSPS) is 18.6. The van der Waals surface area contributed by atoms with E-state index in [1.165, 1.54) is 0 Å². The molecule has 1 aliphatic heterocycles. The number of piperazine rings is 1. The molecule has 0 atom stereocenters. The summed E-state index contributed by atoms with van der Waals surface area (Å²) in [4.78, 5) is 26.0. The zero-order valence-electron chi connectivity index (χ0n) is 13.2. The van der Waals surface area contributed by atoms with E-state index in [1.54, 1.807) is 4.90 Å². The van der Waals surface area contributed by atoms with Gasteiger partial charge in [-0.1, -0.05) is 27.7 Å². The molecule has 116 valence electrons. The van der Waals surface area contributed by atoms with Crippen molar-refractivity contribution in [3.8, 4) is 0 Å². The second-order valence-electron chi connectivity index (χ2n) is 5.89. The lowest BCUT2D eigenvalue weighted by atomic mass is 9.89. The van der Waals surface area contributed by atoms with Crippen LogP contribution in [0.2, 0.25) is 0 Å². The number of hydrogen-bond acceptors (Lipinski definition) is 3. The summed E-state index contributed by atoms with van der Waals surface area (Å²) < 4.78 is 5.51. The molecule has 0 aromatic rings. The van der Waals surface area contributed by atoms with Gasteiger partial charge in [-0.25, -0.2) is 0 Å². The Hall–Kier alpha value is -1.10. The summed E-state index contributed by atoms with van der Waals surface area (Å²) in [6.45, 7) is 10.2. The minimum absolute atomic E-state index is 0.0472. The molecule has 1 fully saturated rings. The first kappa shape index (κ1) is 17.0. The highest BCUT2D eigenvalue weighted by atomic mass is 16.5. The molecule has 20 heavy (non-hydrogen) atoms. The third kappa shape index (κ3) is 4.20. The van der Waals surface area contributed by atoms with Gasteiger partial charge in [0, 0.05) is 19.8 Å². The van der Waals surface area contributed by atoms with Crippen LogP contribution < -0.4 is 5.32 Å². The Morgan fingerprint density at radius 1 is 1.30 bits per heavy atom. The van der Waals surface area contributed by atoms with Crippen molar-refractivity contribution >= 4 is 11.8 Å². The minimum atomic E-state index is -0.700. The first-order valence-corrected chi connectivity index (χ1v) is 7.63. The van der Waals surface area contributed by atoms with Gasteiger partial charge in [0.05, 0.1) is 6.54 Å². The average molecular weight is 284 g/mol. The molecule has 0 saturated carbocycles. The SMILES string of the molecule is CCC1(CC)NC(=O)CN(CCCOCC(C)C)C1=O. The van der Waals surface area contributed by atoms with Gasteiger partial charge in [-0.3, -0.25) is 9.59 Å². The largest absolute Gasteiger partial charge is 0.381 e. The summed E-state index contributed by atoms with van der Waals surface area (Å²) in [7, 11) is 0. The van der Waals surface area contributed by atoms with E-state index in [0.29, 0.717) is 31.9 Å². The topological polar surface area (TPSA) is 58.6 Å². The molecule has 0 aromatic heterocycles. The number of nitrogens with zero attached hydrogens (tertiary/aromatic N) is 1. The smallest absolute Gasteiger partial charge is 0.248 e. The van der Waals surface area contributed by atoms with Crippen LogP contribution in [0.3, 0.4) is 0 Å². The first-order valence-electron chi connectivity index (χ1n) is 7.63. The standard InChI is InChI=1S/C15H28N2O3/c1-5-15(6-2)14(19)17(10-13(18)16-15)8-7-9-20-11-12(3)4/h12H,5-11H2,1-4H3,(H,16,18). The van der Waals surface area contributed by atoms with Crippen LogP contribution in [0.5, 0.6) is 0 Å². The number of carbonyl (C=O) groups is 2. The molecule has 0 aromatic carbocycles. The van der Waals surface area contributed by atoms with E-state index in [4.69, 9.17) is 4.74 Å². The van der Waals surface area contributed by atoms with E-state index in [9.17, 15) is 9.59 Å². The second-order valence-corrected chi connectivity index (χ2v) is 5.89. The third-order valence-electron chi connectivity index (χ3n) is 3.78. The van der Waals surface area contributed by atoms with Gasteiger partial charge >= 0.3 is 0 Å². The van der Waals surface area contributed by atoms with Gasteiger partial charge < -0.3 is 15.0 Å². The lowest BCUT2D eigenvalue weighted by Gasteiger charge is -2.41. The van der Waals surface area contributed by atoms with Crippen molar-refractivity contribution in [1.82, 2.24) is 10.2 Å². The fourth-order valence-electron chi connectivity index (χ4n) is 2.49. The van der Waals surface area contributed by atoms with E-state index in [1.807, 2.05) is 13.8 Å². The van der Waals surface area contributed by atoms with Gasteiger partial charge in [0.2, 0.25) is 11.8 Å². The number of nitrogens with one attached hydrogen (secondary N) is 1. The third-order valence-corrected chi connectivity index (χ3v) is 3.78. The van der Waals surface area contributed by atoms with Crippen molar-refractivity contribution in [1.29, 1.82) is 0 Å². The van der Waals surface area contributed by atoms with Crippen molar-refractivity contribution in [3.63, 3.8) is 0 Å². The number of ether oxygens (including phenoxy) is 1. The lowest BCUT2D eigenvalue weighted by molar-refractivity contribution is -0.150. The van der Waals surface area contributed by atoms with Gasteiger partial charge in [0.1, 0.15) is 5.54 Å². The molecule has 0 unspecified atom stereocenters. The molecule has 0 radical (unpaired) electrons. The Kier molecular flexibility index (Phi) is 6.46. The van der Waals surface area contributed by atoms with Crippen molar-refractivity contribution in [2.24, 2.45) is 5.92 Å². The summed E-state index contributed by atoms with van der Waals surface area (Å²) in [6.07, 6.45) is 2.04. The van der Waals surface area contributed by atoms with Crippen molar-refractivity contribution in [2.45, 2.75) is 52.5 Å². The van der Waals surface area contributed by atoms with E-state index >= 15 is 0 Å². The minimum Gasteiger partial charge on any atom is -0.381 e. The number of hydrogen-bond donors (Lipinski definition) is 1. The first-order chi connectivity index (χ1) is 9.45. The Morgan fingerprint density at radius 3 is 2.50 bits per heavy atom. The van der Waals surface area contributed by atoms with Crippen molar-refractivity contribution < 1.29 is 14.3 Å². The van der Waals surface area contributed by atoms with Crippen LogP contribution in [0.25, 0.3) is 0 Å². The summed E-state index contributed by atoms with van der Waals surface area (Å²) >= 11 is 0. The quantitative estimate of drug-likeness (QED) is 0.688. The predicted octanol–water partition coefficient (Wildman–Crippen LogP) is 1.57. The molecular formula is C15H28N2O3. The Labute approximate surface area is 122 Å². The van der Waals surface area contributed by atoms with Crippen molar-refractivity contribution in [3.05, 3.63) is 0 Å². The maximum atomic E-state index is 12.5. The highest BCUT2D eigenvalue weighted by molar-refractivity contribution is 5.97. The number of rotatable bonds is 8. The van der Waals surface area contributed by atoms with Crippen LogP contribution in [0.1, 0.15) is 47.0 Å². The molecule has 0 bridgehead atoms. The molecule has 1 saturated heterocycles. The molecule has 1 heterocycles. The van der Waals surface area contributed by atoms with Crippen LogP contribution in [0.4, 0.5) is 0 Å². The Bertz CT molecular complexity index is 338. The molecule has 2 amide bonds. The van der Waals surface area contributed by atoms with Gasteiger partial charge in [-0.2, -0.15) is 0 Å². The van der Waals surface area contributed by atoms with E-state index in [0.717, 1.165) is 13.0 Å². The summed E-state index contributed by atoms with van der Waals surface area (Å²) in [5.41, 5.74) is -0.700. The van der Waals surface area contributed by atoms with Gasteiger partial charge in [-0.15, -0.1) is 0 Å². The highest BCUT2D eigenvalue weighted by Crippen LogP contribution is 2.22. The molecule has 0 spiro atoms. The van der Waals surface area contributed by atoms with Crippen LogP contribution in [0.15, 0.2) is 0 Å². The molecule has 1 aliphatic rings. The van der Waals surface area contributed by atoms with Crippen LogP contribution >= 0.6 is 0 Å². The molecule has 1 rings (SSSR count). The Morgan fingerprint density at radius 2 is 1.95 bits per heavy atom. The molecule has 5 heteroatoms. The van der Waals surface area contributed by atoms with E-state index in [-0.39, 0.29) is 18.4 Å². The number of carbonyl (C=O) groups excluding carboxylic acids is 2. The van der Waals surface area contributed by atoms with Gasteiger partial charge in [0.15, 0.2) is 0 Å². The second kappa shape index (κ2) is 7.62. The maximum Gasteiger partial charge on any atom is 0.248 e. The fourth-order valence-corrected chi connectivity index (χ4v) is 2.49. The molecule has 0 aliphatic carbocycles. The van der Waals surface area contributed by atoms with Crippen LogP contribution in [-0.4, -0.2) is 48.6 Å². The average Bonchev–Trinajstić information content (AvgIpc) is 2.41. The highest BCUT2D eigenvalue weighted by Gasteiger charge is 2.43. The molecule has 1 N–H and O–H groups in total. The molecular weight excluding hydrogens is 256 g/mol. The molecule has 5 nitrogen and oxygen atoms in total. The Balaban J connectivity index is 2.48. The lowest BCUT2D eigenvalue weighted by Crippen LogP contribution is -2.66.